The Morgan fingerprint density at radius 2 is 1.03 bits per heavy atom. The van der Waals surface area contributed by atoms with E-state index in [4.69, 9.17) is 42.9 Å². The maximum Gasteiger partial charge on any atom is 0.404 e. The van der Waals surface area contributed by atoms with Crippen molar-refractivity contribution in [3.63, 3.8) is 0 Å². The molecule has 4 amide bonds. The first-order chi connectivity index (χ1) is 28.6. The van der Waals surface area contributed by atoms with Crippen LogP contribution >= 0.6 is 23.2 Å². The fraction of sp³-hybridized carbons (Fsp3) is 0.667. The van der Waals surface area contributed by atoms with E-state index in [2.05, 4.69) is 52.3 Å². The molecule has 0 aliphatic heterocycles. The summed E-state index contributed by atoms with van der Waals surface area (Å²) in [5.41, 5.74) is 9.75. The molecule has 8 N–H and O–H groups in total. The van der Waals surface area contributed by atoms with Crippen LogP contribution in [0.5, 0.6) is 0 Å². The van der Waals surface area contributed by atoms with Crippen molar-refractivity contribution in [1.82, 2.24) is 41.4 Å². The molecule has 2 heterocycles. The summed E-state index contributed by atoms with van der Waals surface area (Å²) in [7, 11) is 6.30. The lowest BCUT2D eigenvalue weighted by Crippen LogP contribution is -2.42. The fourth-order valence-electron chi connectivity index (χ4n) is 6.89. The van der Waals surface area contributed by atoms with Gasteiger partial charge >= 0.3 is 12.2 Å². The van der Waals surface area contributed by atoms with Crippen molar-refractivity contribution in [2.45, 2.75) is 64.2 Å². The molecule has 0 radical (unpaired) electrons. The Bertz CT molecular complexity index is 1590. The van der Waals surface area contributed by atoms with Crippen LogP contribution in [0, 0.1) is 35.3 Å². The number of hydrazine groups is 2. The van der Waals surface area contributed by atoms with Gasteiger partial charge in [-0.25, -0.2) is 9.59 Å². The second kappa shape index (κ2) is 25.7. The van der Waals surface area contributed by atoms with E-state index in [1.54, 1.807) is 14.1 Å². The summed E-state index contributed by atoms with van der Waals surface area (Å²) in [6, 6.07) is 0. The van der Waals surface area contributed by atoms with Crippen molar-refractivity contribution in [3.8, 4) is 0 Å². The molecule has 0 bridgehead atoms. The predicted molar refractivity (Wildman–Crippen MR) is 220 cm³/mol. The maximum atomic E-state index is 14.8. The minimum Gasteiger partial charge on any atom is -0.465 e. The summed E-state index contributed by atoms with van der Waals surface area (Å²) in [5.74, 6) is -3.60. The van der Waals surface area contributed by atoms with E-state index in [-0.39, 0.29) is 46.9 Å². The third-order valence-corrected chi connectivity index (χ3v) is 10.5. The van der Waals surface area contributed by atoms with Gasteiger partial charge in [-0.1, -0.05) is 51.4 Å². The van der Waals surface area contributed by atoms with Gasteiger partial charge in [-0.05, 0) is 47.9 Å². The van der Waals surface area contributed by atoms with Gasteiger partial charge in [0.15, 0.2) is 23.3 Å². The third-order valence-electron chi connectivity index (χ3n) is 10.1. The molecule has 2 aliphatic carbocycles. The minimum atomic E-state index is -1.20. The standard InChI is InChI=1S/2C18H28ClFN6O4/c2*1-26(7-8-30-2)15-13(20)14(22-17(19)23-15)24-25-16(27)12(10-21-18(28)29)9-11-5-3-4-6-11/h2*11-12,21H,3-10H2,1-2H3,(H,25,27)(H,28,29)(H,22,23,24)/t2*12-/m11/s1. The summed E-state index contributed by atoms with van der Waals surface area (Å²) >= 11 is 11.8. The predicted octanol–water partition coefficient (Wildman–Crippen LogP) is 4.52. The van der Waals surface area contributed by atoms with Gasteiger partial charge in [0.2, 0.25) is 34.0 Å². The van der Waals surface area contributed by atoms with Gasteiger partial charge in [0.25, 0.3) is 0 Å². The highest BCUT2D eigenvalue weighted by Gasteiger charge is 2.28. The first kappa shape index (κ1) is 49.6. The Morgan fingerprint density at radius 1 is 0.683 bits per heavy atom. The molecule has 24 heteroatoms. The van der Waals surface area contributed by atoms with Crippen LogP contribution in [0.2, 0.25) is 10.6 Å². The molecule has 4 rings (SSSR count). The van der Waals surface area contributed by atoms with Crippen LogP contribution in [0.25, 0.3) is 0 Å². The SMILES string of the molecule is COCCN(C)c1nc(Cl)nc(NNC(=O)[C@@H](CNC(=O)O)CC2CCCC2)c1F.COCCN(C)c1nc(Cl)nc(NNC(=O)[C@@H](CNC(=O)O)CC2CCCC2)c1F. The van der Waals surface area contributed by atoms with Crippen molar-refractivity contribution in [1.29, 1.82) is 0 Å². The second-order valence-electron chi connectivity index (χ2n) is 14.6. The molecule has 2 aliphatic rings. The van der Waals surface area contributed by atoms with Crippen LogP contribution in [-0.4, -0.2) is 122 Å². The average Bonchev–Trinajstić information content (AvgIpc) is 3.94. The van der Waals surface area contributed by atoms with Gasteiger partial charge in [0.1, 0.15) is 0 Å². The fourth-order valence-corrected chi connectivity index (χ4v) is 7.22. The topological polar surface area (TPSA) is 257 Å². The van der Waals surface area contributed by atoms with Crippen molar-refractivity contribution in [2.75, 3.05) is 88.4 Å². The number of likely N-dealkylation sites (N-methyl/N-ethyl adjacent to an activating group) is 2. The molecule has 2 fully saturated rings. The van der Waals surface area contributed by atoms with Gasteiger partial charge in [-0.3, -0.25) is 31.3 Å². The van der Waals surface area contributed by atoms with Crippen LogP contribution in [0.1, 0.15) is 64.2 Å². The van der Waals surface area contributed by atoms with Crippen molar-refractivity contribution in [2.24, 2.45) is 23.7 Å². The summed E-state index contributed by atoms with van der Waals surface area (Å²) in [6.45, 7) is 1.40. The summed E-state index contributed by atoms with van der Waals surface area (Å²) < 4.78 is 39.5. The zero-order valence-electron chi connectivity index (χ0n) is 34.2. The number of nitrogens with zero attached hydrogens (tertiary/aromatic N) is 6. The number of hydrogen-bond donors (Lipinski definition) is 8. The molecule has 0 unspecified atom stereocenters. The van der Waals surface area contributed by atoms with Crippen molar-refractivity contribution >= 4 is 70.5 Å². The Balaban J connectivity index is 0.000000320. The first-order valence-electron chi connectivity index (χ1n) is 19.5. The van der Waals surface area contributed by atoms with Crippen LogP contribution in [0.4, 0.5) is 41.6 Å². The Hall–Kier alpha value is -4.80. The lowest BCUT2D eigenvalue weighted by molar-refractivity contribution is -0.125. The normalized spacial score (nSPS) is 14.9. The molecular formula is C36H56Cl2F2N12O8. The van der Waals surface area contributed by atoms with Crippen LogP contribution in [-0.2, 0) is 19.1 Å². The molecule has 20 nitrogen and oxygen atoms in total. The van der Waals surface area contributed by atoms with E-state index in [0.717, 1.165) is 51.4 Å². The smallest absolute Gasteiger partial charge is 0.404 e. The number of methoxy groups -OCH3 is 2. The first-order valence-corrected chi connectivity index (χ1v) is 20.3. The Labute approximate surface area is 357 Å². The van der Waals surface area contributed by atoms with E-state index < -0.39 is 47.5 Å². The lowest BCUT2D eigenvalue weighted by Gasteiger charge is -2.22. The number of hydrogen-bond acceptors (Lipinski definition) is 14. The number of halogens is 4. The second-order valence-corrected chi connectivity index (χ2v) is 15.2. The highest BCUT2D eigenvalue weighted by Crippen LogP contribution is 2.32. The van der Waals surface area contributed by atoms with Gasteiger partial charge in [-0.2, -0.15) is 28.7 Å². The van der Waals surface area contributed by atoms with Crippen LogP contribution in [0.15, 0.2) is 0 Å². The lowest BCUT2D eigenvalue weighted by atomic mass is 9.92. The number of nitrogens with one attached hydrogen (secondary N) is 6. The Kier molecular flexibility index (Phi) is 21.3. The molecule has 2 aromatic heterocycles. The third kappa shape index (κ3) is 16.7. The van der Waals surface area contributed by atoms with E-state index in [0.29, 0.717) is 51.0 Å². The maximum absolute atomic E-state index is 14.8. The molecule has 336 valence electrons. The number of carboxylic acid groups (broad SMARTS) is 2. The monoisotopic (exact) mass is 892 g/mol. The molecule has 0 saturated heterocycles. The summed E-state index contributed by atoms with van der Waals surface area (Å²) in [4.78, 5) is 65.4. The van der Waals surface area contributed by atoms with Crippen LogP contribution in [0.3, 0.4) is 0 Å². The molecule has 0 spiro atoms. The Morgan fingerprint density at radius 3 is 1.35 bits per heavy atom. The highest BCUT2D eigenvalue weighted by atomic mass is 35.5. The number of anilines is 4. The van der Waals surface area contributed by atoms with E-state index >= 15 is 0 Å². The molecule has 60 heavy (non-hydrogen) atoms. The van der Waals surface area contributed by atoms with Gasteiger partial charge < -0.3 is 40.1 Å². The van der Waals surface area contributed by atoms with E-state index in [9.17, 15) is 28.0 Å². The zero-order valence-corrected chi connectivity index (χ0v) is 35.7. The van der Waals surface area contributed by atoms with Gasteiger partial charge in [0.05, 0.1) is 25.0 Å². The largest absolute Gasteiger partial charge is 0.465 e. The number of amides is 4. The van der Waals surface area contributed by atoms with Gasteiger partial charge in [0, 0.05) is 54.5 Å². The number of carbonyl (C=O) groups is 4. The van der Waals surface area contributed by atoms with Gasteiger partial charge in [-0.15, -0.1) is 0 Å². The molecule has 0 aromatic carbocycles. The number of carbonyl (C=O) groups excluding carboxylic acids is 2. The molecule has 2 atom stereocenters. The van der Waals surface area contributed by atoms with Crippen molar-refractivity contribution < 1.29 is 47.6 Å². The molecular weight excluding hydrogens is 837 g/mol. The highest BCUT2D eigenvalue weighted by molar-refractivity contribution is 6.28. The number of aromatic nitrogens is 4. The van der Waals surface area contributed by atoms with Crippen LogP contribution < -0.4 is 42.1 Å². The van der Waals surface area contributed by atoms with E-state index in [1.165, 1.54) is 24.0 Å². The zero-order chi connectivity index (χ0) is 44.2. The van der Waals surface area contributed by atoms with E-state index in [1.807, 2.05) is 0 Å². The molecule has 2 saturated carbocycles. The number of rotatable bonds is 22. The quantitative estimate of drug-likeness (QED) is 0.0597. The summed E-state index contributed by atoms with van der Waals surface area (Å²) in [6.07, 6.45) is 7.15. The average molecular weight is 894 g/mol. The van der Waals surface area contributed by atoms with Crippen molar-refractivity contribution in [3.05, 3.63) is 22.2 Å². The summed E-state index contributed by atoms with van der Waals surface area (Å²) in [5, 5.41) is 21.9. The minimum absolute atomic E-state index is 0.0304. The number of ether oxygens (including phenoxy) is 2. The molecule has 2 aromatic rings.